The zero-order valence-corrected chi connectivity index (χ0v) is 17.7. The van der Waals surface area contributed by atoms with E-state index >= 15 is 0 Å². The van der Waals surface area contributed by atoms with Gasteiger partial charge in [0.25, 0.3) is 5.91 Å². The number of piperazine rings is 1. The molecule has 30 heavy (non-hydrogen) atoms. The largest absolute Gasteiger partial charge is 0.491 e. The topological polar surface area (TPSA) is 63.0 Å². The molecule has 0 N–H and O–H groups in total. The molecule has 1 aromatic heterocycles. The van der Waals surface area contributed by atoms with Gasteiger partial charge < -0.3 is 19.0 Å². The monoisotopic (exact) mass is 426 g/mol. The molecule has 0 radical (unpaired) electrons. The predicted octanol–water partition coefficient (Wildman–Crippen LogP) is 4.20. The third-order valence-electron chi connectivity index (χ3n) is 5.06. The maximum Gasteiger partial charge on any atom is 0.337 e. The molecule has 0 spiro atoms. The van der Waals surface area contributed by atoms with Gasteiger partial charge in [0.2, 0.25) is 0 Å². The van der Waals surface area contributed by atoms with Gasteiger partial charge in [-0.2, -0.15) is 0 Å². The highest BCUT2D eigenvalue weighted by Gasteiger charge is 2.24. The minimum absolute atomic E-state index is 0.00484. The lowest BCUT2D eigenvalue weighted by Gasteiger charge is -2.36. The molecule has 1 saturated heterocycles. The highest BCUT2D eigenvalue weighted by atomic mass is 35.5. The van der Waals surface area contributed by atoms with Crippen LogP contribution < -0.4 is 15.3 Å². The van der Waals surface area contributed by atoms with Gasteiger partial charge >= 0.3 is 5.63 Å². The number of carbonyl (C=O) groups excluding carboxylic acids is 1. The molecule has 0 unspecified atom stereocenters. The normalized spacial score (nSPS) is 14.4. The summed E-state index contributed by atoms with van der Waals surface area (Å²) in [5.41, 5.74) is 1.19. The first-order valence-corrected chi connectivity index (χ1v) is 10.3. The standard InChI is InChI=1S/C23H23ClN2O4/c1-15(2)29-18-6-7-19-20(14-22(27)30-21(19)13-18)23(28)26-10-8-25(9-11-26)17-5-3-4-16(24)12-17/h3-7,12-15H,8-11H2,1-2H3. The summed E-state index contributed by atoms with van der Waals surface area (Å²) in [5, 5.41) is 1.29. The maximum absolute atomic E-state index is 13.2. The second-order valence-electron chi connectivity index (χ2n) is 7.56. The van der Waals surface area contributed by atoms with Crippen LogP contribution in [0.15, 0.2) is 57.7 Å². The number of hydrogen-bond acceptors (Lipinski definition) is 5. The van der Waals surface area contributed by atoms with E-state index in [9.17, 15) is 9.59 Å². The van der Waals surface area contributed by atoms with Gasteiger partial charge in [-0.3, -0.25) is 4.79 Å². The lowest BCUT2D eigenvalue weighted by atomic mass is 10.1. The van der Waals surface area contributed by atoms with Crippen molar-refractivity contribution in [3.05, 3.63) is 69.5 Å². The van der Waals surface area contributed by atoms with Gasteiger partial charge in [-0.25, -0.2) is 4.79 Å². The van der Waals surface area contributed by atoms with Crippen molar-refractivity contribution in [2.24, 2.45) is 0 Å². The molecule has 0 aliphatic carbocycles. The summed E-state index contributed by atoms with van der Waals surface area (Å²) in [4.78, 5) is 29.3. The highest BCUT2D eigenvalue weighted by Crippen LogP contribution is 2.25. The van der Waals surface area contributed by atoms with Gasteiger partial charge in [0.15, 0.2) is 0 Å². The zero-order chi connectivity index (χ0) is 21.3. The lowest BCUT2D eigenvalue weighted by Crippen LogP contribution is -2.49. The Kier molecular flexibility index (Phi) is 5.68. The molecular weight excluding hydrogens is 404 g/mol. The molecular formula is C23H23ClN2O4. The fourth-order valence-corrected chi connectivity index (χ4v) is 3.86. The van der Waals surface area contributed by atoms with Gasteiger partial charge in [-0.1, -0.05) is 17.7 Å². The molecule has 1 aliphatic rings. The average molecular weight is 427 g/mol. The van der Waals surface area contributed by atoms with Gasteiger partial charge in [-0.05, 0) is 44.2 Å². The van der Waals surface area contributed by atoms with E-state index < -0.39 is 5.63 Å². The fraction of sp³-hybridized carbons (Fsp3) is 0.304. The quantitative estimate of drug-likeness (QED) is 0.585. The second kappa shape index (κ2) is 8.40. The van der Waals surface area contributed by atoms with Crippen LogP contribution in [0.1, 0.15) is 24.2 Å². The number of benzene rings is 2. The molecule has 2 heterocycles. The van der Waals surface area contributed by atoms with Crippen molar-refractivity contribution in [3.8, 4) is 5.75 Å². The highest BCUT2D eigenvalue weighted by molar-refractivity contribution is 6.30. The molecule has 0 atom stereocenters. The smallest absolute Gasteiger partial charge is 0.337 e. The Morgan fingerprint density at radius 2 is 1.83 bits per heavy atom. The number of nitrogens with zero attached hydrogens (tertiary/aromatic N) is 2. The molecule has 7 heteroatoms. The molecule has 1 fully saturated rings. The van der Waals surface area contributed by atoms with Gasteiger partial charge in [0, 0.05) is 54.4 Å². The summed E-state index contributed by atoms with van der Waals surface area (Å²) < 4.78 is 11.0. The summed E-state index contributed by atoms with van der Waals surface area (Å²) >= 11 is 6.09. The molecule has 3 aromatic rings. The average Bonchev–Trinajstić information content (AvgIpc) is 2.72. The number of amides is 1. The van der Waals surface area contributed by atoms with Crippen molar-refractivity contribution in [1.82, 2.24) is 4.90 Å². The first-order valence-electron chi connectivity index (χ1n) is 9.95. The van der Waals surface area contributed by atoms with Gasteiger partial charge in [-0.15, -0.1) is 0 Å². The van der Waals surface area contributed by atoms with Crippen molar-refractivity contribution in [2.75, 3.05) is 31.1 Å². The van der Waals surface area contributed by atoms with E-state index in [4.69, 9.17) is 20.8 Å². The number of carbonyl (C=O) groups is 1. The molecule has 6 nitrogen and oxygen atoms in total. The minimum Gasteiger partial charge on any atom is -0.491 e. The molecule has 1 amide bonds. The first-order chi connectivity index (χ1) is 14.4. The number of hydrogen-bond donors (Lipinski definition) is 0. The van der Waals surface area contributed by atoms with Gasteiger partial charge in [0.05, 0.1) is 11.7 Å². The second-order valence-corrected chi connectivity index (χ2v) is 8.00. The van der Waals surface area contributed by atoms with E-state index in [-0.39, 0.29) is 12.0 Å². The van der Waals surface area contributed by atoms with Crippen molar-refractivity contribution < 1.29 is 13.9 Å². The van der Waals surface area contributed by atoms with Crippen molar-refractivity contribution in [2.45, 2.75) is 20.0 Å². The van der Waals surface area contributed by atoms with E-state index in [2.05, 4.69) is 4.90 Å². The van der Waals surface area contributed by atoms with Crippen LogP contribution >= 0.6 is 11.6 Å². The van der Waals surface area contributed by atoms with E-state index in [1.807, 2.05) is 38.1 Å². The summed E-state index contributed by atoms with van der Waals surface area (Å²) in [5.74, 6) is 0.427. The zero-order valence-electron chi connectivity index (χ0n) is 16.9. The molecule has 156 valence electrons. The summed E-state index contributed by atoms with van der Waals surface area (Å²) in [6.07, 6.45) is -0.00484. The Bertz CT molecular complexity index is 1130. The fourth-order valence-electron chi connectivity index (χ4n) is 3.68. The summed E-state index contributed by atoms with van der Waals surface area (Å²) in [7, 11) is 0. The van der Waals surface area contributed by atoms with Gasteiger partial charge in [0.1, 0.15) is 11.3 Å². The predicted molar refractivity (Wildman–Crippen MR) is 118 cm³/mol. The molecule has 2 aromatic carbocycles. The van der Waals surface area contributed by atoms with Crippen LogP contribution in [-0.4, -0.2) is 43.1 Å². The van der Waals surface area contributed by atoms with Crippen LogP contribution in [0, 0.1) is 0 Å². The summed E-state index contributed by atoms with van der Waals surface area (Å²) in [6, 6.07) is 14.2. The van der Waals surface area contributed by atoms with Crippen LogP contribution in [0.5, 0.6) is 5.75 Å². The lowest BCUT2D eigenvalue weighted by molar-refractivity contribution is 0.0748. The maximum atomic E-state index is 13.2. The van der Waals surface area contributed by atoms with E-state index in [1.165, 1.54) is 6.07 Å². The molecule has 0 bridgehead atoms. The van der Waals surface area contributed by atoms with Crippen molar-refractivity contribution in [1.29, 1.82) is 0 Å². The van der Waals surface area contributed by atoms with E-state index in [0.29, 0.717) is 53.5 Å². The van der Waals surface area contributed by atoms with Crippen LogP contribution in [0.4, 0.5) is 5.69 Å². The van der Waals surface area contributed by atoms with E-state index in [0.717, 1.165) is 5.69 Å². The number of anilines is 1. The third-order valence-corrected chi connectivity index (χ3v) is 5.29. The number of ether oxygens (including phenoxy) is 1. The van der Waals surface area contributed by atoms with Crippen LogP contribution in [0.25, 0.3) is 11.0 Å². The van der Waals surface area contributed by atoms with Crippen LogP contribution in [-0.2, 0) is 0 Å². The first kappa shape index (κ1) is 20.3. The molecule has 4 rings (SSSR count). The Labute approximate surface area is 179 Å². The number of fused-ring (bicyclic) bond motifs is 1. The van der Waals surface area contributed by atoms with Crippen LogP contribution in [0.3, 0.4) is 0 Å². The Morgan fingerprint density at radius 3 is 2.53 bits per heavy atom. The van der Waals surface area contributed by atoms with Crippen molar-refractivity contribution >= 4 is 34.2 Å². The number of halogens is 1. The molecule has 1 aliphatic heterocycles. The third kappa shape index (κ3) is 4.28. The Hall–Kier alpha value is -2.99. The minimum atomic E-state index is -0.551. The van der Waals surface area contributed by atoms with Crippen molar-refractivity contribution in [3.63, 3.8) is 0 Å². The Balaban J connectivity index is 1.55. The Morgan fingerprint density at radius 1 is 1.07 bits per heavy atom. The van der Waals surface area contributed by atoms with E-state index in [1.54, 1.807) is 23.1 Å². The molecule has 0 saturated carbocycles. The van der Waals surface area contributed by atoms with Crippen LogP contribution in [0.2, 0.25) is 5.02 Å². The summed E-state index contributed by atoms with van der Waals surface area (Å²) in [6.45, 7) is 6.34. The number of rotatable bonds is 4. The SMILES string of the molecule is CC(C)Oc1ccc2c(C(=O)N3CCN(c4cccc(Cl)c4)CC3)cc(=O)oc2c1.